The van der Waals surface area contributed by atoms with Crippen LogP contribution in [0, 0.1) is 5.82 Å². The summed E-state index contributed by atoms with van der Waals surface area (Å²) in [6.07, 6.45) is 0. The number of rotatable bonds is 1. The normalized spacial score (nSPS) is 11.8. The predicted octanol–water partition coefficient (Wildman–Crippen LogP) is 3.30. The summed E-state index contributed by atoms with van der Waals surface area (Å²) in [5.74, 6) is -1.35. The van der Waals surface area contributed by atoms with Crippen molar-refractivity contribution in [1.29, 1.82) is 0 Å². The van der Waals surface area contributed by atoms with Crippen molar-refractivity contribution in [1.82, 2.24) is 0 Å². The summed E-state index contributed by atoms with van der Waals surface area (Å²) in [7, 11) is 0. The maximum Gasteiger partial charge on any atom is 0.514 e. The molecule has 72 valence electrons. The van der Waals surface area contributed by atoms with Gasteiger partial charge in [0.05, 0.1) is 5.82 Å². The van der Waals surface area contributed by atoms with Gasteiger partial charge in [0.1, 0.15) is 0 Å². The van der Waals surface area contributed by atoms with Crippen LogP contribution in [-0.4, -0.2) is 6.98 Å². The van der Waals surface area contributed by atoms with E-state index in [4.69, 9.17) is 11.6 Å². The van der Waals surface area contributed by atoms with Crippen LogP contribution < -0.4 is 5.46 Å². The Morgan fingerprint density at radius 3 is 2.15 bits per heavy atom. The first-order valence-electron chi connectivity index (χ1n) is 3.17. The second-order valence-electron chi connectivity index (χ2n) is 2.33. The first kappa shape index (κ1) is 10.9. The van der Waals surface area contributed by atoms with Crippen LogP contribution in [0.2, 0.25) is 5.02 Å². The molecule has 0 radical (unpaired) electrons. The molecule has 0 fully saturated rings. The Hall–Kier alpha value is -0.225. The second-order valence-corrected chi connectivity index (χ2v) is 3.56. The minimum atomic E-state index is -5.41. The quantitative estimate of drug-likeness (QED) is 0.419. The van der Waals surface area contributed by atoms with Crippen LogP contribution in [0.1, 0.15) is 0 Å². The molecule has 0 saturated heterocycles. The molecular weight excluding hydrogens is 274 g/mol. The molecular formula is C6H2BBrClF4-. The Balaban J connectivity index is 3.43. The Morgan fingerprint density at radius 1 is 1.23 bits per heavy atom. The summed E-state index contributed by atoms with van der Waals surface area (Å²) in [6.45, 7) is -5.41. The first-order chi connectivity index (χ1) is 5.84. The van der Waals surface area contributed by atoms with E-state index in [1.54, 1.807) is 0 Å². The van der Waals surface area contributed by atoms with E-state index in [1.165, 1.54) is 0 Å². The molecule has 1 rings (SSSR count). The van der Waals surface area contributed by atoms with E-state index in [-0.39, 0.29) is 4.47 Å². The number of hydrogen-bond acceptors (Lipinski definition) is 0. The Bertz CT molecular complexity index is 338. The lowest BCUT2D eigenvalue weighted by Gasteiger charge is -2.18. The van der Waals surface area contributed by atoms with Crippen LogP contribution in [0.3, 0.4) is 0 Å². The highest BCUT2D eigenvalue weighted by Crippen LogP contribution is 2.25. The Kier molecular flexibility index (Phi) is 2.92. The molecule has 0 amide bonds. The van der Waals surface area contributed by atoms with E-state index in [2.05, 4.69) is 15.9 Å². The molecule has 0 heterocycles. The van der Waals surface area contributed by atoms with Gasteiger partial charge in [-0.2, -0.15) is 0 Å². The molecule has 1 aromatic rings. The van der Waals surface area contributed by atoms with Crippen molar-refractivity contribution in [2.75, 3.05) is 0 Å². The molecule has 0 aliphatic heterocycles. The number of halogens is 6. The van der Waals surface area contributed by atoms with E-state index in [0.717, 1.165) is 12.1 Å². The highest BCUT2D eigenvalue weighted by Gasteiger charge is 2.32. The predicted molar refractivity (Wildman–Crippen MR) is 47.8 cm³/mol. The van der Waals surface area contributed by atoms with E-state index in [9.17, 15) is 17.3 Å². The average molecular weight is 276 g/mol. The summed E-state index contributed by atoms with van der Waals surface area (Å²) in [6, 6.07) is 1.85. The highest BCUT2D eigenvalue weighted by atomic mass is 79.9. The molecule has 0 aromatic heterocycles. The minimum absolute atomic E-state index is 0.0322. The summed E-state index contributed by atoms with van der Waals surface area (Å²) in [5.41, 5.74) is -1.38. The van der Waals surface area contributed by atoms with Crippen LogP contribution in [-0.2, 0) is 0 Å². The monoisotopic (exact) mass is 275 g/mol. The Labute approximate surface area is 85.1 Å². The third kappa shape index (κ3) is 2.17. The van der Waals surface area contributed by atoms with Crippen molar-refractivity contribution in [3.8, 4) is 0 Å². The van der Waals surface area contributed by atoms with Crippen molar-refractivity contribution in [3.05, 3.63) is 27.4 Å². The molecule has 0 N–H and O–H groups in total. The van der Waals surface area contributed by atoms with Crippen molar-refractivity contribution in [3.63, 3.8) is 0 Å². The van der Waals surface area contributed by atoms with Crippen molar-refractivity contribution >= 4 is 40.0 Å². The summed E-state index contributed by atoms with van der Waals surface area (Å²) < 4.78 is 49.4. The zero-order valence-corrected chi connectivity index (χ0v) is 8.34. The minimum Gasteiger partial charge on any atom is -0.445 e. The van der Waals surface area contributed by atoms with Crippen molar-refractivity contribution in [2.24, 2.45) is 0 Å². The van der Waals surface area contributed by atoms with Gasteiger partial charge in [0.15, 0.2) is 0 Å². The molecule has 0 spiro atoms. The lowest BCUT2D eigenvalue weighted by molar-refractivity contribution is 0.494. The average Bonchev–Trinajstić information content (AvgIpc) is 1.95. The maximum atomic E-state index is 12.7. The van der Waals surface area contributed by atoms with Gasteiger partial charge in [0.25, 0.3) is 0 Å². The van der Waals surface area contributed by atoms with E-state index in [1.807, 2.05) is 0 Å². The van der Waals surface area contributed by atoms with Gasteiger partial charge in [0, 0.05) is 9.50 Å². The fraction of sp³-hybridized carbons (Fsp3) is 0. The number of benzene rings is 1. The highest BCUT2D eigenvalue weighted by molar-refractivity contribution is 9.10. The standard InChI is InChI=1S/C6H2BBrClF4/c8-3-1-2-4(10)5(6(3)9)7(11,12)13/h1-2H/q-1. The lowest BCUT2D eigenvalue weighted by atomic mass is 9.80. The number of hydrogen-bond donors (Lipinski definition) is 0. The molecule has 0 bridgehead atoms. The summed E-state index contributed by atoms with van der Waals surface area (Å²) >= 11 is 8.08. The third-order valence-corrected chi connectivity index (χ3v) is 2.70. The first-order valence-corrected chi connectivity index (χ1v) is 4.34. The van der Waals surface area contributed by atoms with Crippen LogP contribution in [0.5, 0.6) is 0 Å². The van der Waals surface area contributed by atoms with Gasteiger partial charge in [-0.1, -0.05) is 17.1 Å². The molecule has 0 aliphatic carbocycles. The topological polar surface area (TPSA) is 0 Å². The zero-order chi connectivity index (χ0) is 10.2. The van der Waals surface area contributed by atoms with Gasteiger partial charge in [-0.3, -0.25) is 0 Å². The SMILES string of the molecule is Fc1ccc(Br)c(Cl)c1[B-](F)(F)F. The van der Waals surface area contributed by atoms with Crippen LogP contribution in [0.15, 0.2) is 16.6 Å². The molecule has 13 heavy (non-hydrogen) atoms. The fourth-order valence-electron chi connectivity index (χ4n) is 0.843. The molecule has 0 unspecified atom stereocenters. The van der Waals surface area contributed by atoms with E-state index >= 15 is 0 Å². The van der Waals surface area contributed by atoms with Crippen molar-refractivity contribution in [2.45, 2.75) is 0 Å². The molecule has 7 heteroatoms. The van der Waals surface area contributed by atoms with Gasteiger partial charge in [0.2, 0.25) is 0 Å². The fourth-order valence-corrected chi connectivity index (χ4v) is 1.47. The smallest absolute Gasteiger partial charge is 0.445 e. The van der Waals surface area contributed by atoms with Crippen molar-refractivity contribution < 1.29 is 17.3 Å². The van der Waals surface area contributed by atoms with Gasteiger partial charge in [-0.15, -0.1) is 0 Å². The third-order valence-electron chi connectivity index (χ3n) is 1.41. The van der Waals surface area contributed by atoms with Gasteiger partial charge in [-0.25, -0.2) is 4.39 Å². The maximum absolute atomic E-state index is 12.7. The van der Waals surface area contributed by atoms with E-state index in [0.29, 0.717) is 0 Å². The van der Waals surface area contributed by atoms with Gasteiger partial charge >= 0.3 is 6.98 Å². The molecule has 0 aliphatic rings. The van der Waals surface area contributed by atoms with Gasteiger partial charge in [-0.05, 0) is 28.1 Å². The largest absolute Gasteiger partial charge is 0.514 e. The zero-order valence-electron chi connectivity index (χ0n) is 6.00. The molecule has 1 aromatic carbocycles. The summed E-state index contributed by atoms with van der Waals surface area (Å²) in [5, 5.41) is -0.632. The molecule has 0 saturated carbocycles. The summed E-state index contributed by atoms with van der Waals surface area (Å²) in [4.78, 5) is 0. The van der Waals surface area contributed by atoms with Crippen LogP contribution >= 0.6 is 27.5 Å². The molecule has 0 atom stereocenters. The lowest BCUT2D eigenvalue weighted by Crippen LogP contribution is -2.37. The molecule has 0 nitrogen and oxygen atoms in total. The van der Waals surface area contributed by atoms with Crippen LogP contribution in [0.4, 0.5) is 17.3 Å². The van der Waals surface area contributed by atoms with Crippen LogP contribution in [0.25, 0.3) is 0 Å². The Morgan fingerprint density at radius 2 is 1.77 bits per heavy atom. The second kappa shape index (κ2) is 3.50. The van der Waals surface area contributed by atoms with Gasteiger partial charge < -0.3 is 12.9 Å². The van der Waals surface area contributed by atoms with E-state index < -0.39 is 23.3 Å².